The number of hydrogen-bond acceptors (Lipinski definition) is 2. The van der Waals surface area contributed by atoms with Gasteiger partial charge in [-0.25, -0.2) is 0 Å². The first kappa shape index (κ1) is 6.05. The third-order valence-corrected chi connectivity index (χ3v) is 1.73. The molecule has 1 saturated heterocycles. The minimum atomic E-state index is -0.372. The number of rotatable bonds is 2. The highest BCUT2D eigenvalue weighted by Crippen LogP contribution is 2.11. The van der Waals surface area contributed by atoms with Crippen molar-refractivity contribution in [2.45, 2.75) is 11.9 Å². The van der Waals surface area contributed by atoms with Crippen molar-refractivity contribution in [1.29, 1.82) is 0 Å². The van der Waals surface area contributed by atoms with Crippen LogP contribution in [0.4, 0.5) is 0 Å². The average Bonchev–Trinajstić information content (AvgIpc) is 1.62. The summed E-state index contributed by atoms with van der Waals surface area (Å²) in [4.78, 5) is 11.9. The van der Waals surface area contributed by atoms with E-state index >= 15 is 0 Å². The highest BCUT2D eigenvalue weighted by molar-refractivity contribution is 6.27. The third kappa shape index (κ3) is 1.01. The highest BCUT2D eigenvalue weighted by Gasteiger charge is 2.20. The molecule has 1 heterocycles. The van der Waals surface area contributed by atoms with E-state index in [2.05, 4.69) is 0 Å². The van der Waals surface area contributed by atoms with Gasteiger partial charge >= 0.3 is 0 Å². The largest absolute Gasteiger partial charge is 0.300 e. The molecule has 0 aromatic heterocycles. The fourth-order valence-corrected chi connectivity index (χ4v) is 0.869. The number of nitrogens with zero attached hydrogens (tertiary/aromatic N) is 1. The first-order valence-corrected chi connectivity index (χ1v) is 3.11. The van der Waals surface area contributed by atoms with E-state index in [0.717, 1.165) is 19.4 Å². The summed E-state index contributed by atoms with van der Waals surface area (Å²) in [6.45, 7) is 1.96. The smallest absolute Gasteiger partial charge is 0.152 e. The first-order chi connectivity index (χ1) is 3.84. The molecule has 1 fully saturated rings. The Morgan fingerprint density at radius 2 is 2.25 bits per heavy atom. The molecule has 0 amide bonds. The van der Waals surface area contributed by atoms with Crippen LogP contribution in [0, 0.1) is 0 Å². The van der Waals surface area contributed by atoms with E-state index in [1.165, 1.54) is 6.42 Å². The van der Waals surface area contributed by atoms with Gasteiger partial charge in [0.2, 0.25) is 0 Å². The summed E-state index contributed by atoms with van der Waals surface area (Å²) < 4.78 is 0. The van der Waals surface area contributed by atoms with Crippen molar-refractivity contribution < 1.29 is 4.79 Å². The van der Waals surface area contributed by atoms with Gasteiger partial charge in [0.15, 0.2) is 6.29 Å². The molecule has 0 radical (unpaired) electrons. The maximum absolute atomic E-state index is 9.97. The van der Waals surface area contributed by atoms with E-state index in [0.29, 0.717) is 0 Å². The van der Waals surface area contributed by atoms with Crippen molar-refractivity contribution in [3.63, 3.8) is 0 Å². The Kier molecular flexibility index (Phi) is 1.86. The average molecular weight is 134 g/mol. The Labute approximate surface area is 53.4 Å². The standard InChI is InChI=1S/C5H8ClNO/c6-5(4-8)7-2-1-3-7/h4-5H,1-3H2. The lowest BCUT2D eigenvalue weighted by Crippen LogP contribution is -2.43. The van der Waals surface area contributed by atoms with Gasteiger partial charge in [0.25, 0.3) is 0 Å². The zero-order valence-electron chi connectivity index (χ0n) is 4.51. The molecule has 1 aliphatic rings. The van der Waals surface area contributed by atoms with Gasteiger partial charge in [0, 0.05) is 13.1 Å². The van der Waals surface area contributed by atoms with Crippen LogP contribution < -0.4 is 0 Å². The van der Waals surface area contributed by atoms with E-state index in [4.69, 9.17) is 11.6 Å². The van der Waals surface area contributed by atoms with Crippen LogP contribution in [0.2, 0.25) is 0 Å². The Bertz CT molecular complexity index is 92.4. The van der Waals surface area contributed by atoms with Crippen molar-refractivity contribution in [3.05, 3.63) is 0 Å². The van der Waals surface area contributed by atoms with Gasteiger partial charge in [-0.05, 0) is 6.42 Å². The van der Waals surface area contributed by atoms with Crippen LogP contribution in [0.25, 0.3) is 0 Å². The molecule has 1 atom stereocenters. The summed E-state index contributed by atoms with van der Waals surface area (Å²) in [5.74, 6) is 0. The van der Waals surface area contributed by atoms with Crippen LogP contribution >= 0.6 is 11.6 Å². The van der Waals surface area contributed by atoms with Gasteiger partial charge in [-0.3, -0.25) is 4.90 Å². The molecule has 0 aromatic carbocycles. The van der Waals surface area contributed by atoms with Crippen LogP contribution in [0.15, 0.2) is 0 Å². The van der Waals surface area contributed by atoms with E-state index in [-0.39, 0.29) is 5.50 Å². The molecule has 0 aromatic rings. The lowest BCUT2D eigenvalue weighted by Gasteiger charge is -2.31. The predicted molar refractivity (Wildman–Crippen MR) is 31.9 cm³/mol. The predicted octanol–water partition coefficient (Wildman–Crippen LogP) is 0.456. The Hall–Kier alpha value is -0.0800. The molecule has 1 rings (SSSR count). The van der Waals surface area contributed by atoms with Gasteiger partial charge in [-0.2, -0.15) is 0 Å². The monoisotopic (exact) mass is 133 g/mol. The SMILES string of the molecule is O=CC(Cl)N1CCC1. The minimum Gasteiger partial charge on any atom is -0.300 e. The maximum Gasteiger partial charge on any atom is 0.152 e. The second-order valence-corrected chi connectivity index (χ2v) is 2.35. The zero-order valence-corrected chi connectivity index (χ0v) is 5.27. The number of hydrogen-bond donors (Lipinski definition) is 0. The van der Waals surface area contributed by atoms with E-state index in [1.54, 1.807) is 0 Å². The highest BCUT2D eigenvalue weighted by atomic mass is 35.5. The molecule has 3 heteroatoms. The summed E-state index contributed by atoms with van der Waals surface area (Å²) in [5, 5.41) is 0. The molecule has 0 N–H and O–H groups in total. The summed E-state index contributed by atoms with van der Waals surface area (Å²) in [6.07, 6.45) is 1.94. The second-order valence-electron chi connectivity index (χ2n) is 1.90. The van der Waals surface area contributed by atoms with Crippen molar-refractivity contribution in [2.75, 3.05) is 13.1 Å². The Morgan fingerprint density at radius 3 is 2.38 bits per heavy atom. The molecule has 0 spiro atoms. The minimum absolute atomic E-state index is 0.372. The maximum atomic E-state index is 9.97. The van der Waals surface area contributed by atoms with Crippen molar-refractivity contribution >= 4 is 17.9 Å². The fraction of sp³-hybridized carbons (Fsp3) is 0.800. The third-order valence-electron chi connectivity index (χ3n) is 1.35. The summed E-state index contributed by atoms with van der Waals surface area (Å²) in [7, 11) is 0. The van der Waals surface area contributed by atoms with Gasteiger partial charge in [-0.15, -0.1) is 0 Å². The normalized spacial score (nSPS) is 24.1. The van der Waals surface area contributed by atoms with Crippen LogP contribution in [0.1, 0.15) is 6.42 Å². The van der Waals surface area contributed by atoms with Gasteiger partial charge < -0.3 is 4.79 Å². The van der Waals surface area contributed by atoms with Gasteiger partial charge in [-0.1, -0.05) is 11.6 Å². The van der Waals surface area contributed by atoms with Crippen LogP contribution in [0.3, 0.4) is 0 Å². The zero-order chi connectivity index (χ0) is 5.98. The van der Waals surface area contributed by atoms with Crippen LogP contribution in [-0.4, -0.2) is 29.8 Å². The lowest BCUT2D eigenvalue weighted by molar-refractivity contribution is -0.111. The molecular formula is C5H8ClNO. The summed E-state index contributed by atoms with van der Waals surface area (Å²) in [6, 6.07) is 0. The second kappa shape index (κ2) is 2.46. The Balaban J connectivity index is 2.22. The molecule has 0 aliphatic carbocycles. The molecule has 8 heavy (non-hydrogen) atoms. The number of alkyl halides is 1. The van der Waals surface area contributed by atoms with Crippen LogP contribution in [-0.2, 0) is 4.79 Å². The van der Waals surface area contributed by atoms with Gasteiger partial charge in [0.05, 0.1) is 0 Å². The van der Waals surface area contributed by atoms with Gasteiger partial charge in [0.1, 0.15) is 5.50 Å². The molecule has 2 nitrogen and oxygen atoms in total. The topological polar surface area (TPSA) is 20.3 Å². The quantitative estimate of drug-likeness (QED) is 0.310. The molecule has 46 valence electrons. The molecular weight excluding hydrogens is 126 g/mol. The van der Waals surface area contributed by atoms with Crippen LogP contribution in [0.5, 0.6) is 0 Å². The number of likely N-dealkylation sites (tertiary alicyclic amines) is 1. The Morgan fingerprint density at radius 1 is 1.62 bits per heavy atom. The number of halogens is 1. The van der Waals surface area contributed by atoms with Crippen molar-refractivity contribution in [1.82, 2.24) is 4.90 Å². The lowest BCUT2D eigenvalue weighted by atomic mass is 10.2. The van der Waals surface area contributed by atoms with E-state index < -0.39 is 0 Å². The summed E-state index contributed by atoms with van der Waals surface area (Å²) >= 11 is 5.52. The van der Waals surface area contributed by atoms with E-state index in [9.17, 15) is 4.79 Å². The molecule has 1 unspecified atom stereocenters. The fourth-order valence-electron chi connectivity index (χ4n) is 0.673. The van der Waals surface area contributed by atoms with E-state index in [1.807, 2.05) is 4.90 Å². The first-order valence-electron chi connectivity index (χ1n) is 2.68. The number of aldehydes is 1. The molecule has 1 aliphatic heterocycles. The van der Waals surface area contributed by atoms with Crippen molar-refractivity contribution in [3.8, 4) is 0 Å². The number of carbonyl (C=O) groups is 1. The number of carbonyl (C=O) groups excluding carboxylic acids is 1. The molecule has 0 saturated carbocycles. The summed E-state index contributed by atoms with van der Waals surface area (Å²) in [5.41, 5.74) is -0.372. The van der Waals surface area contributed by atoms with Crippen molar-refractivity contribution in [2.24, 2.45) is 0 Å². The molecule has 0 bridgehead atoms.